The van der Waals surface area contributed by atoms with Crippen LogP contribution in [0.15, 0.2) is 14.4 Å². The molecular formula is C17H31N3O6. The first kappa shape index (κ1) is 22.3. The average molecular weight is 373 g/mol. The Morgan fingerprint density at radius 3 is 1.81 bits per heavy atom. The molecule has 1 atom stereocenters. The summed E-state index contributed by atoms with van der Waals surface area (Å²) in [6.07, 6.45) is 7.34. The first-order valence-corrected chi connectivity index (χ1v) is 9.28. The molecule has 0 aromatic carbocycles. The van der Waals surface area contributed by atoms with E-state index in [2.05, 4.69) is 6.92 Å². The molecule has 0 bridgehead atoms. The number of aromatic nitrogens is 3. The Labute approximate surface area is 151 Å². The van der Waals surface area contributed by atoms with Gasteiger partial charge in [0.25, 0.3) is 0 Å². The van der Waals surface area contributed by atoms with E-state index in [-0.39, 0.29) is 6.42 Å². The highest BCUT2D eigenvalue weighted by atomic mass is 16.3. The molecule has 9 heteroatoms. The summed E-state index contributed by atoms with van der Waals surface area (Å²) in [6.45, 7) is 0.516. The number of nitrogens with one attached hydrogen (secondary N) is 2. The second-order valence-electron chi connectivity index (χ2n) is 6.72. The van der Waals surface area contributed by atoms with Crippen LogP contribution in [0.2, 0.25) is 0 Å². The Balaban J connectivity index is 2.73. The van der Waals surface area contributed by atoms with Gasteiger partial charge in [-0.15, -0.1) is 0 Å². The van der Waals surface area contributed by atoms with Gasteiger partial charge in [-0.3, -0.25) is 9.97 Å². The summed E-state index contributed by atoms with van der Waals surface area (Å²) in [4.78, 5) is 38.9. The van der Waals surface area contributed by atoms with Crippen LogP contribution in [0.5, 0.6) is 0 Å². The molecule has 5 N–H and O–H groups in total. The number of rotatable bonds is 13. The van der Waals surface area contributed by atoms with E-state index in [1.807, 2.05) is 9.97 Å². The number of hydrogen-bond acceptors (Lipinski definition) is 6. The predicted octanol–water partition coefficient (Wildman–Crippen LogP) is -0.203. The van der Waals surface area contributed by atoms with Gasteiger partial charge in [0.15, 0.2) is 0 Å². The molecule has 0 radical (unpaired) electrons. The van der Waals surface area contributed by atoms with Crippen molar-refractivity contribution in [2.24, 2.45) is 0 Å². The van der Waals surface area contributed by atoms with Gasteiger partial charge in [-0.1, -0.05) is 58.3 Å². The van der Waals surface area contributed by atoms with E-state index in [4.69, 9.17) is 0 Å². The zero-order valence-corrected chi connectivity index (χ0v) is 15.4. The van der Waals surface area contributed by atoms with Crippen molar-refractivity contribution in [2.75, 3.05) is 13.2 Å². The average Bonchev–Trinajstić information content (AvgIpc) is 2.60. The highest BCUT2D eigenvalue weighted by molar-refractivity contribution is 4.94. The zero-order valence-electron chi connectivity index (χ0n) is 15.4. The molecule has 26 heavy (non-hydrogen) atoms. The Morgan fingerprint density at radius 2 is 1.35 bits per heavy atom. The Kier molecular flexibility index (Phi) is 9.53. The summed E-state index contributed by atoms with van der Waals surface area (Å²) in [7, 11) is 0. The van der Waals surface area contributed by atoms with Crippen molar-refractivity contribution >= 4 is 0 Å². The maximum atomic E-state index is 12.0. The number of hydrogen-bond donors (Lipinski definition) is 5. The quantitative estimate of drug-likeness (QED) is 0.302. The van der Waals surface area contributed by atoms with E-state index in [0.29, 0.717) is 11.0 Å². The van der Waals surface area contributed by atoms with Gasteiger partial charge in [0, 0.05) is 0 Å². The van der Waals surface area contributed by atoms with Gasteiger partial charge in [-0.05, 0) is 6.42 Å². The number of aliphatic hydroxyl groups excluding tert-OH is 3. The third-order valence-corrected chi connectivity index (χ3v) is 4.79. The van der Waals surface area contributed by atoms with Crippen LogP contribution in [0.3, 0.4) is 0 Å². The minimum Gasteiger partial charge on any atom is -0.394 e. The van der Waals surface area contributed by atoms with Crippen molar-refractivity contribution in [1.29, 1.82) is 0 Å². The van der Waals surface area contributed by atoms with E-state index in [9.17, 15) is 29.7 Å². The van der Waals surface area contributed by atoms with Crippen LogP contribution in [0, 0.1) is 0 Å². The first-order valence-electron chi connectivity index (χ1n) is 9.28. The molecule has 0 saturated carbocycles. The number of H-pyrrole nitrogens is 2. The Morgan fingerprint density at radius 1 is 0.885 bits per heavy atom. The van der Waals surface area contributed by atoms with Crippen molar-refractivity contribution < 1.29 is 15.3 Å². The highest BCUT2D eigenvalue weighted by Crippen LogP contribution is 2.22. The summed E-state index contributed by atoms with van der Waals surface area (Å²) in [5.74, 6) is 0. The number of nitrogens with zero attached hydrogens (tertiary/aromatic N) is 1. The van der Waals surface area contributed by atoms with Crippen molar-refractivity contribution in [2.45, 2.75) is 76.4 Å². The zero-order chi connectivity index (χ0) is 19.6. The van der Waals surface area contributed by atoms with Crippen molar-refractivity contribution in [3.63, 3.8) is 0 Å². The molecule has 1 unspecified atom stereocenters. The lowest BCUT2D eigenvalue weighted by Gasteiger charge is -2.35. The van der Waals surface area contributed by atoms with Crippen LogP contribution >= 0.6 is 0 Å². The van der Waals surface area contributed by atoms with Gasteiger partial charge in [-0.2, -0.15) is 0 Å². The molecular weight excluding hydrogens is 342 g/mol. The van der Waals surface area contributed by atoms with E-state index in [0.717, 1.165) is 19.3 Å². The van der Waals surface area contributed by atoms with Gasteiger partial charge in [0.2, 0.25) is 0 Å². The van der Waals surface area contributed by atoms with E-state index in [1.54, 1.807) is 0 Å². The fraction of sp³-hybridized carbons (Fsp3) is 0.824. The maximum absolute atomic E-state index is 12.0. The monoisotopic (exact) mass is 373 g/mol. The van der Waals surface area contributed by atoms with Crippen LogP contribution in [-0.2, 0) is 5.54 Å². The van der Waals surface area contributed by atoms with E-state index in [1.165, 1.54) is 25.7 Å². The SMILES string of the molecule is CCCCCCCCCCC(O)C(CO)(CO)n1c(=O)[nH]c(=O)[nH]c1=O. The van der Waals surface area contributed by atoms with Gasteiger partial charge >= 0.3 is 17.1 Å². The molecule has 9 nitrogen and oxygen atoms in total. The fourth-order valence-corrected chi connectivity index (χ4v) is 3.13. The van der Waals surface area contributed by atoms with Crippen molar-refractivity contribution in [3.8, 4) is 0 Å². The molecule has 1 aromatic heterocycles. The van der Waals surface area contributed by atoms with Crippen LogP contribution < -0.4 is 17.1 Å². The maximum Gasteiger partial charge on any atom is 0.334 e. The van der Waals surface area contributed by atoms with Gasteiger partial charge < -0.3 is 15.3 Å². The number of aromatic amines is 2. The number of aliphatic hydroxyl groups is 3. The Hall–Kier alpha value is -1.71. The topological polar surface area (TPSA) is 148 Å². The summed E-state index contributed by atoms with van der Waals surface area (Å²) >= 11 is 0. The lowest BCUT2D eigenvalue weighted by atomic mass is 9.89. The molecule has 0 aliphatic heterocycles. The van der Waals surface area contributed by atoms with Crippen molar-refractivity contribution in [3.05, 3.63) is 31.5 Å². The molecule has 0 spiro atoms. The summed E-state index contributed by atoms with van der Waals surface area (Å²) in [5, 5.41) is 29.9. The molecule has 0 fully saturated rings. The normalized spacial score (nSPS) is 13.1. The second-order valence-corrected chi connectivity index (χ2v) is 6.72. The smallest absolute Gasteiger partial charge is 0.334 e. The molecule has 1 heterocycles. The van der Waals surface area contributed by atoms with Gasteiger partial charge in [0.05, 0.1) is 19.3 Å². The van der Waals surface area contributed by atoms with Crippen LogP contribution in [-0.4, -0.2) is 49.2 Å². The molecule has 150 valence electrons. The summed E-state index contributed by atoms with van der Waals surface area (Å²) < 4.78 is 0.490. The third kappa shape index (κ3) is 5.65. The van der Waals surface area contributed by atoms with E-state index >= 15 is 0 Å². The van der Waals surface area contributed by atoms with Gasteiger partial charge in [-0.25, -0.2) is 19.0 Å². The van der Waals surface area contributed by atoms with E-state index < -0.39 is 41.9 Å². The van der Waals surface area contributed by atoms with Gasteiger partial charge in [0.1, 0.15) is 5.54 Å². The molecule has 1 aromatic rings. The van der Waals surface area contributed by atoms with Crippen LogP contribution in [0.1, 0.15) is 64.7 Å². The molecule has 0 saturated heterocycles. The number of unbranched alkanes of at least 4 members (excludes halogenated alkanes) is 7. The Bertz CT molecular complexity index is 654. The molecule has 1 rings (SSSR count). The standard InChI is InChI=1S/C17H31N3O6/c1-2-3-4-5-6-7-8-9-10-13(23)17(11-21,12-22)20-15(25)18-14(24)19-16(20)26/h13,21-23H,2-12H2,1H3,(H2,18,19,24,25,26). The molecule has 0 amide bonds. The minimum atomic E-state index is -1.89. The molecule has 0 aliphatic carbocycles. The molecule has 0 aliphatic rings. The minimum absolute atomic E-state index is 0.209. The van der Waals surface area contributed by atoms with Crippen LogP contribution in [0.4, 0.5) is 0 Å². The fourth-order valence-electron chi connectivity index (χ4n) is 3.13. The summed E-state index contributed by atoms with van der Waals surface area (Å²) in [6, 6.07) is 0. The lowest BCUT2D eigenvalue weighted by molar-refractivity contribution is -0.0523. The highest BCUT2D eigenvalue weighted by Gasteiger charge is 2.41. The van der Waals surface area contributed by atoms with Crippen LogP contribution in [0.25, 0.3) is 0 Å². The largest absolute Gasteiger partial charge is 0.394 e. The van der Waals surface area contributed by atoms with Crippen molar-refractivity contribution in [1.82, 2.24) is 14.5 Å². The predicted molar refractivity (Wildman–Crippen MR) is 97.3 cm³/mol. The summed E-state index contributed by atoms with van der Waals surface area (Å²) in [5.41, 5.74) is -5.05. The second kappa shape index (κ2) is 11.1. The lowest BCUT2D eigenvalue weighted by Crippen LogP contribution is -2.62. The third-order valence-electron chi connectivity index (χ3n) is 4.79. The first-order chi connectivity index (χ1) is 12.4.